The van der Waals surface area contributed by atoms with E-state index in [1.54, 1.807) is 0 Å². The predicted molar refractivity (Wildman–Crippen MR) is 73.0 cm³/mol. The summed E-state index contributed by atoms with van der Waals surface area (Å²) in [6, 6.07) is 8.22. The zero-order chi connectivity index (χ0) is 13.3. The summed E-state index contributed by atoms with van der Waals surface area (Å²) in [7, 11) is 0. The van der Waals surface area contributed by atoms with Gasteiger partial charge in [0, 0.05) is 5.69 Å². The van der Waals surface area contributed by atoms with E-state index in [1.807, 2.05) is 10.7 Å². The van der Waals surface area contributed by atoms with Gasteiger partial charge in [-0.15, -0.1) is 0 Å². The number of aliphatic hydroxyl groups is 1. The summed E-state index contributed by atoms with van der Waals surface area (Å²) in [5, 5.41) is 13.8. The number of hydrogen-bond acceptors (Lipinski definition) is 2. The minimum Gasteiger partial charge on any atom is -0.390 e. The molecule has 1 N–H and O–H groups in total. The second-order valence-electron chi connectivity index (χ2n) is 5.03. The number of aryl methyl sites for hydroxylation is 2. The van der Waals surface area contributed by atoms with Crippen molar-refractivity contribution in [1.29, 1.82) is 0 Å². The number of aromatic nitrogens is 2. The van der Waals surface area contributed by atoms with Gasteiger partial charge in [0.2, 0.25) is 0 Å². The summed E-state index contributed by atoms with van der Waals surface area (Å²) in [5.74, 6) is 0.372. The first kappa shape index (κ1) is 12.8. The molecule has 1 aromatic heterocycles. The van der Waals surface area contributed by atoms with Crippen LogP contribution in [-0.4, -0.2) is 14.9 Å². The minimum absolute atomic E-state index is 0.0162. The Hall–Kier alpha value is -1.61. The summed E-state index contributed by atoms with van der Waals surface area (Å²) < 4.78 is 1.97. The number of benzene rings is 1. The molecule has 0 radical (unpaired) electrons. The highest BCUT2D eigenvalue weighted by molar-refractivity contribution is 5.47. The van der Waals surface area contributed by atoms with Crippen LogP contribution in [0.4, 0.5) is 0 Å². The van der Waals surface area contributed by atoms with Crippen molar-refractivity contribution in [2.24, 2.45) is 0 Å². The molecule has 0 unspecified atom stereocenters. The van der Waals surface area contributed by atoms with Gasteiger partial charge in [-0.3, -0.25) is 0 Å². The van der Waals surface area contributed by atoms with Crippen LogP contribution in [0.25, 0.3) is 5.69 Å². The highest BCUT2D eigenvalue weighted by atomic mass is 16.3. The van der Waals surface area contributed by atoms with Crippen molar-refractivity contribution >= 4 is 0 Å². The van der Waals surface area contributed by atoms with Gasteiger partial charge >= 0.3 is 0 Å². The number of para-hydroxylation sites is 1. The molecule has 96 valence electrons. The van der Waals surface area contributed by atoms with Crippen molar-refractivity contribution < 1.29 is 5.11 Å². The van der Waals surface area contributed by atoms with Gasteiger partial charge in [-0.05, 0) is 37.0 Å². The van der Waals surface area contributed by atoms with Crippen LogP contribution in [0.3, 0.4) is 0 Å². The Morgan fingerprint density at radius 1 is 1.22 bits per heavy atom. The first-order chi connectivity index (χ1) is 8.54. The molecule has 0 amide bonds. The number of rotatable bonds is 3. The molecule has 0 fully saturated rings. The lowest BCUT2D eigenvalue weighted by Crippen LogP contribution is -2.07. The molecule has 18 heavy (non-hydrogen) atoms. The van der Waals surface area contributed by atoms with Gasteiger partial charge in [-0.1, -0.05) is 32.0 Å². The average molecular weight is 244 g/mol. The van der Waals surface area contributed by atoms with E-state index in [9.17, 15) is 5.11 Å². The molecule has 0 saturated carbocycles. The SMILES string of the molecule is Cc1cccc(C)c1-n1nc(CO)cc1C(C)C. The standard InChI is InChI=1S/C15H20N2O/c1-10(2)14-8-13(9-18)16-17(14)15-11(3)6-5-7-12(15)4/h5-8,10,18H,9H2,1-4H3. The topological polar surface area (TPSA) is 38.0 Å². The van der Waals surface area contributed by atoms with E-state index in [4.69, 9.17) is 0 Å². The van der Waals surface area contributed by atoms with Crippen LogP contribution in [0.1, 0.15) is 42.3 Å². The fourth-order valence-corrected chi connectivity index (χ4v) is 2.25. The molecule has 1 aromatic carbocycles. The molecule has 0 spiro atoms. The van der Waals surface area contributed by atoms with Crippen molar-refractivity contribution in [3.63, 3.8) is 0 Å². The Bertz CT molecular complexity index is 535. The molecule has 0 bridgehead atoms. The van der Waals surface area contributed by atoms with E-state index in [0.29, 0.717) is 5.92 Å². The molecule has 3 heteroatoms. The van der Waals surface area contributed by atoms with Gasteiger partial charge in [-0.2, -0.15) is 5.10 Å². The minimum atomic E-state index is -0.0162. The molecular formula is C15H20N2O. The van der Waals surface area contributed by atoms with Gasteiger partial charge in [0.25, 0.3) is 0 Å². The molecule has 0 aliphatic rings. The van der Waals surface area contributed by atoms with Gasteiger partial charge in [-0.25, -0.2) is 4.68 Å². The quantitative estimate of drug-likeness (QED) is 0.901. The van der Waals surface area contributed by atoms with E-state index < -0.39 is 0 Å². The summed E-state index contributed by atoms with van der Waals surface area (Å²) in [5.41, 5.74) is 5.38. The molecule has 2 aromatic rings. The molecule has 2 rings (SSSR count). The maximum atomic E-state index is 9.27. The monoisotopic (exact) mass is 244 g/mol. The number of hydrogen-bond donors (Lipinski definition) is 1. The second kappa shape index (κ2) is 4.94. The largest absolute Gasteiger partial charge is 0.390 e. The number of aliphatic hydroxyl groups excluding tert-OH is 1. The van der Waals surface area contributed by atoms with E-state index in [1.165, 1.54) is 11.1 Å². The van der Waals surface area contributed by atoms with Gasteiger partial charge in [0.1, 0.15) is 0 Å². The van der Waals surface area contributed by atoms with Gasteiger partial charge < -0.3 is 5.11 Å². The fraction of sp³-hybridized carbons (Fsp3) is 0.400. The third-order valence-corrected chi connectivity index (χ3v) is 3.19. The first-order valence-electron chi connectivity index (χ1n) is 6.31. The molecule has 0 saturated heterocycles. The highest BCUT2D eigenvalue weighted by Crippen LogP contribution is 2.24. The molecule has 3 nitrogen and oxygen atoms in total. The van der Waals surface area contributed by atoms with Crippen LogP contribution in [0.2, 0.25) is 0 Å². The third kappa shape index (κ3) is 2.18. The van der Waals surface area contributed by atoms with Crippen molar-refractivity contribution in [2.75, 3.05) is 0 Å². The predicted octanol–water partition coefficient (Wildman–Crippen LogP) is 3.10. The Labute approximate surface area is 108 Å². The molecular weight excluding hydrogens is 224 g/mol. The molecule has 1 heterocycles. The van der Waals surface area contributed by atoms with E-state index in [0.717, 1.165) is 17.1 Å². The summed E-state index contributed by atoms with van der Waals surface area (Å²) >= 11 is 0. The Morgan fingerprint density at radius 3 is 2.33 bits per heavy atom. The lowest BCUT2D eigenvalue weighted by atomic mass is 10.1. The van der Waals surface area contributed by atoms with Crippen LogP contribution in [0.5, 0.6) is 0 Å². The van der Waals surface area contributed by atoms with Crippen LogP contribution in [0.15, 0.2) is 24.3 Å². The zero-order valence-corrected chi connectivity index (χ0v) is 11.4. The van der Waals surface area contributed by atoms with Crippen molar-refractivity contribution in [3.8, 4) is 5.69 Å². The van der Waals surface area contributed by atoms with Crippen LogP contribution in [-0.2, 0) is 6.61 Å². The lowest BCUT2D eigenvalue weighted by Gasteiger charge is -2.14. The highest BCUT2D eigenvalue weighted by Gasteiger charge is 2.15. The van der Waals surface area contributed by atoms with Crippen molar-refractivity contribution in [3.05, 3.63) is 46.8 Å². The Kier molecular flexibility index (Phi) is 3.53. The van der Waals surface area contributed by atoms with Crippen molar-refractivity contribution in [2.45, 2.75) is 40.2 Å². The van der Waals surface area contributed by atoms with E-state index in [2.05, 4.69) is 51.0 Å². The summed E-state index contributed by atoms with van der Waals surface area (Å²) in [6.07, 6.45) is 0. The summed E-state index contributed by atoms with van der Waals surface area (Å²) in [6.45, 7) is 8.45. The first-order valence-corrected chi connectivity index (χ1v) is 6.31. The molecule has 0 atom stereocenters. The maximum Gasteiger partial charge on any atom is 0.0886 e. The fourth-order valence-electron chi connectivity index (χ4n) is 2.25. The van der Waals surface area contributed by atoms with Crippen LogP contribution >= 0.6 is 0 Å². The Morgan fingerprint density at radius 2 is 1.83 bits per heavy atom. The van der Waals surface area contributed by atoms with Gasteiger partial charge in [0.15, 0.2) is 0 Å². The second-order valence-corrected chi connectivity index (χ2v) is 5.03. The lowest BCUT2D eigenvalue weighted by molar-refractivity contribution is 0.276. The number of nitrogens with zero attached hydrogens (tertiary/aromatic N) is 2. The zero-order valence-electron chi connectivity index (χ0n) is 11.4. The van der Waals surface area contributed by atoms with Crippen molar-refractivity contribution in [1.82, 2.24) is 9.78 Å². The van der Waals surface area contributed by atoms with E-state index >= 15 is 0 Å². The smallest absolute Gasteiger partial charge is 0.0886 e. The summed E-state index contributed by atoms with van der Waals surface area (Å²) in [4.78, 5) is 0. The Balaban J connectivity index is 2.66. The molecule has 0 aliphatic heterocycles. The molecule has 0 aliphatic carbocycles. The normalized spacial score (nSPS) is 11.2. The third-order valence-electron chi connectivity index (χ3n) is 3.19. The van der Waals surface area contributed by atoms with Crippen LogP contribution < -0.4 is 0 Å². The van der Waals surface area contributed by atoms with Crippen LogP contribution in [0, 0.1) is 13.8 Å². The maximum absolute atomic E-state index is 9.27. The average Bonchev–Trinajstić information content (AvgIpc) is 2.73. The van der Waals surface area contributed by atoms with E-state index in [-0.39, 0.29) is 6.61 Å². The van der Waals surface area contributed by atoms with Gasteiger partial charge in [0.05, 0.1) is 18.0 Å².